The van der Waals surface area contributed by atoms with E-state index >= 15 is 0 Å². The van der Waals surface area contributed by atoms with Gasteiger partial charge in [-0.05, 0) is 41.7 Å². The van der Waals surface area contributed by atoms with E-state index in [2.05, 4.69) is 17.5 Å². The number of halogens is 1. The summed E-state index contributed by atoms with van der Waals surface area (Å²) in [6, 6.07) is 6.13. The third-order valence-electron chi connectivity index (χ3n) is 4.44. The fourth-order valence-corrected chi connectivity index (χ4v) is 3.70. The number of hydrogen-bond donors (Lipinski definition) is 1. The van der Waals surface area contributed by atoms with Crippen LogP contribution in [0.1, 0.15) is 43.2 Å². The van der Waals surface area contributed by atoms with Gasteiger partial charge in [0.15, 0.2) is 0 Å². The molecule has 3 rings (SSSR count). The van der Waals surface area contributed by atoms with Crippen LogP contribution in [0, 0.1) is 0 Å². The highest BCUT2D eigenvalue weighted by Gasteiger charge is 2.40. The first-order chi connectivity index (χ1) is 9.14. The van der Waals surface area contributed by atoms with E-state index in [-0.39, 0.29) is 11.3 Å². The molecule has 1 spiro atoms. The smallest absolute Gasteiger partial charge is 0.224 e. The highest BCUT2D eigenvalue weighted by molar-refractivity contribution is 6.30. The molecule has 0 aliphatic heterocycles. The summed E-state index contributed by atoms with van der Waals surface area (Å²) in [5, 5.41) is 3.45. The fourth-order valence-electron chi connectivity index (χ4n) is 3.53. The number of fused-ring (bicyclic) bond motifs is 2. The third-order valence-corrected chi connectivity index (χ3v) is 4.68. The first-order valence-electron chi connectivity index (χ1n) is 6.87. The fraction of sp³-hybridized carbons (Fsp3) is 0.438. The molecule has 1 aromatic rings. The number of carbonyl (C=O) groups excluding carboxylic acids is 1. The molecule has 2 nitrogen and oxygen atoms in total. The van der Waals surface area contributed by atoms with Gasteiger partial charge in [0, 0.05) is 17.5 Å². The molecule has 0 bridgehead atoms. The molecule has 3 heteroatoms. The number of benzene rings is 1. The summed E-state index contributed by atoms with van der Waals surface area (Å²) >= 11 is 6.13. The molecule has 0 aromatic heterocycles. The van der Waals surface area contributed by atoms with Crippen molar-refractivity contribution in [3.05, 3.63) is 40.4 Å². The van der Waals surface area contributed by atoms with Crippen LogP contribution < -0.4 is 5.32 Å². The molecular formula is C16H18ClNO. The predicted octanol–water partition coefficient (Wildman–Crippen LogP) is 3.68. The molecule has 100 valence electrons. The molecule has 1 aromatic carbocycles. The van der Waals surface area contributed by atoms with Gasteiger partial charge < -0.3 is 5.32 Å². The van der Waals surface area contributed by atoms with Crippen LogP contribution in [0.2, 0.25) is 5.02 Å². The summed E-state index contributed by atoms with van der Waals surface area (Å²) in [6.07, 6.45) is 7.71. The van der Waals surface area contributed by atoms with Crippen molar-refractivity contribution < 1.29 is 4.79 Å². The zero-order chi connectivity index (χ0) is 13.5. The van der Waals surface area contributed by atoms with Crippen molar-refractivity contribution >= 4 is 23.1 Å². The zero-order valence-corrected chi connectivity index (χ0v) is 11.9. The van der Waals surface area contributed by atoms with Crippen LogP contribution in [0.15, 0.2) is 24.3 Å². The lowest BCUT2D eigenvalue weighted by Crippen LogP contribution is -2.17. The van der Waals surface area contributed by atoms with E-state index < -0.39 is 0 Å². The van der Waals surface area contributed by atoms with Gasteiger partial charge in [0.1, 0.15) is 0 Å². The monoisotopic (exact) mass is 275 g/mol. The molecule has 0 saturated heterocycles. The normalized spacial score (nSPS) is 19.4. The Bertz CT molecular complexity index is 556. The number of hydrogen-bond acceptors (Lipinski definition) is 1. The standard InChI is InChI=1S/C16H18ClNO/c1-18-15(19)8-11-10-16(6-2-3-7-16)14-5-4-12(17)9-13(11)14/h4-5,9-10H,2-3,6-8H2,1H3,(H,18,19). The molecule has 1 saturated carbocycles. The van der Waals surface area contributed by atoms with Gasteiger partial charge in [0.2, 0.25) is 5.91 Å². The Morgan fingerprint density at radius 3 is 2.79 bits per heavy atom. The number of allylic oxidation sites excluding steroid dienone is 1. The second kappa shape index (κ2) is 4.68. The van der Waals surface area contributed by atoms with Crippen LogP contribution in [0.4, 0.5) is 0 Å². The lowest BCUT2D eigenvalue weighted by atomic mass is 9.81. The molecule has 0 radical (unpaired) electrons. The van der Waals surface area contributed by atoms with Gasteiger partial charge in [0.25, 0.3) is 0 Å². The Morgan fingerprint density at radius 1 is 1.37 bits per heavy atom. The Morgan fingerprint density at radius 2 is 2.11 bits per heavy atom. The summed E-state index contributed by atoms with van der Waals surface area (Å²) in [6.45, 7) is 0. The van der Waals surface area contributed by atoms with Crippen molar-refractivity contribution in [1.82, 2.24) is 5.32 Å². The van der Waals surface area contributed by atoms with Crippen molar-refractivity contribution in [3.63, 3.8) is 0 Å². The van der Waals surface area contributed by atoms with E-state index in [1.54, 1.807) is 7.05 Å². The van der Waals surface area contributed by atoms with Crippen LogP contribution in [-0.4, -0.2) is 13.0 Å². The molecular weight excluding hydrogens is 258 g/mol. The number of amides is 1. The molecule has 1 N–H and O–H groups in total. The largest absolute Gasteiger partial charge is 0.359 e. The molecule has 2 aliphatic rings. The summed E-state index contributed by atoms with van der Waals surface area (Å²) in [7, 11) is 1.68. The Balaban J connectivity index is 2.05. The van der Waals surface area contributed by atoms with E-state index in [4.69, 9.17) is 11.6 Å². The quantitative estimate of drug-likeness (QED) is 0.876. The van der Waals surface area contributed by atoms with Gasteiger partial charge in [-0.1, -0.05) is 36.6 Å². The first kappa shape index (κ1) is 12.7. The van der Waals surface area contributed by atoms with Crippen molar-refractivity contribution in [1.29, 1.82) is 0 Å². The third kappa shape index (κ3) is 2.08. The highest BCUT2D eigenvalue weighted by Crippen LogP contribution is 2.51. The van der Waals surface area contributed by atoms with Crippen molar-refractivity contribution in [3.8, 4) is 0 Å². The molecule has 19 heavy (non-hydrogen) atoms. The topological polar surface area (TPSA) is 29.1 Å². The maximum absolute atomic E-state index is 11.7. The molecule has 1 amide bonds. The number of rotatable bonds is 2. The lowest BCUT2D eigenvalue weighted by Gasteiger charge is -2.22. The van der Waals surface area contributed by atoms with Gasteiger partial charge in [0.05, 0.1) is 6.42 Å². The second-order valence-corrected chi connectivity index (χ2v) is 6.01. The van der Waals surface area contributed by atoms with Crippen molar-refractivity contribution in [2.24, 2.45) is 0 Å². The average molecular weight is 276 g/mol. The van der Waals surface area contributed by atoms with Gasteiger partial charge in [-0.2, -0.15) is 0 Å². The average Bonchev–Trinajstić information content (AvgIpc) is 2.97. The van der Waals surface area contributed by atoms with Crippen molar-refractivity contribution in [2.75, 3.05) is 7.05 Å². The lowest BCUT2D eigenvalue weighted by molar-refractivity contribution is -0.119. The Kier molecular flexibility index (Phi) is 3.14. The zero-order valence-electron chi connectivity index (χ0n) is 11.1. The summed E-state index contributed by atoms with van der Waals surface area (Å²) in [4.78, 5) is 11.7. The van der Waals surface area contributed by atoms with Crippen LogP contribution >= 0.6 is 11.6 Å². The van der Waals surface area contributed by atoms with Crippen LogP contribution in [0.25, 0.3) is 5.57 Å². The first-order valence-corrected chi connectivity index (χ1v) is 7.25. The maximum atomic E-state index is 11.7. The molecule has 0 heterocycles. The van der Waals surface area contributed by atoms with Gasteiger partial charge in [-0.3, -0.25) is 4.79 Å². The van der Waals surface area contributed by atoms with Crippen LogP contribution in [0.3, 0.4) is 0 Å². The summed E-state index contributed by atoms with van der Waals surface area (Å²) in [5.74, 6) is 0.0622. The minimum Gasteiger partial charge on any atom is -0.359 e. The summed E-state index contributed by atoms with van der Waals surface area (Å²) < 4.78 is 0. The van der Waals surface area contributed by atoms with E-state index in [0.29, 0.717) is 6.42 Å². The van der Waals surface area contributed by atoms with Gasteiger partial charge in [-0.15, -0.1) is 0 Å². The molecule has 2 aliphatic carbocycles. The molecule has 0 unspecified atom stereocenters. The van der Waals surface area contributed by atoms with Crippen LogP contribution in [0.5, 0.6) is 0 Å². The minimum absolute atomic E-state index is 0.0622. The Labute approximate surface area is 118 Å². The van der Waals surface area contributed by atoms with Gasteiger partial charge >= 0.3 is 0 Å². The summed E-state index contributed by atoms with van der Waals surface area (Å²) in [5.41, 5.74) is 3.86. The van der Waals surface area contributed by atoms with Crippen LogP contribution in [-0.2, 0) is 10.2 Å². The van der Waals surface area contributed by atoms with E-state index in [9.17, 15) is 4.79 Å². The maximum Gasteiger partial charge on any atom is 0.224 e. The SMILES string of the molecule is CNC(=O)CC1=CC2(CCCC2)c2ccc(Cl)cc21. The number of carbonyl (C=O) groups is 1. The van der Waals surface area contributed by atoms with Gasteiger partial charge in [-0.25, -0.2) is 0 Å². The molecule has 0 atom stereocenters. The predicted molar refractivity (Wildman–Crippen MR) is 78.3 cm³/mol. The highest BCUT2D eigenvalue weighted by atomic mass is 35.5. The number of nitrogens with one attached hydrogen (secondary N) is 1. The van der Waals surface area contributed by atoms with E-state index in [1.165, 1.54) is 36.8 Å². The minimum atomic E-state index is 0.0622. The van der Waals surface area contributed by atoms with E-state index in [0.717, 1.165) is 10.6 Å². The Hall–Kier alpha value is -1.28. The second-order valence-electron chi connectivity index (χ2n) is 5.57. The van der Waals surface area contributed by atoms with Crippen molar-refractivity contribution in [2.45, 2.75) is 37.5 Å². The molecule has 1 fully saturated rings. The van der Waals surface area contributed by atoms with E-state index in [1.807, 2.05) is 12.1 Å².